The largest absolute Gasteiger partial charge is 0.323 e. The van der Waals surface area contributed by atoms with Crippen LogP contribution in [-0.2, 0) is 0 Å². The maximum Gasteiger partial charge on any atom is 0.0430 e. The maximum absolute atomic E-state index is 6.37. The monoisotopic (exact) mass is 242 g/mol. The van der Waals surface area contributed by atoms with Crippen molar-refractivity contribution < 1.29 is 0 Å². The standard InChI is InChI=1S/C16H22N2/c1-3-18(4-2)12-16(17)15-11-7-9-13-8-5-6-10-14(13)15/h5-11,16H,3-4,12,17H2,1-2H3. The number of hydrogen-bond acceptors (Lipinski definition) is 2. The van der Waals surface area contributed by atoms with Gasteiger partial charge >= 0.3 is 0 Å². The Bertz CT molecular complexity index is 498. The Morgan fingerprint density at radius 1 is 1.00 bits per heavy atom. The molecule has 2 heteroatoms. The van der Waals surface area contributed by atoms with E-state index in [9.17, 15) is 0 Å². The lowest BCUT2D eigenvalue weighted by molar-refractivity contribution is 0.285. The van der Waals surface area contributed by atoms with E-state index < -0.39 is 0 Å². The average molecular weight is 242 g/mol. The number of nitrogens with zero attached hydrogens (tertiary/aromatic N) is 1. The Morgan fingerprint density at radius 3 is 2.39 bits per heavy atom. The molecule has 0 aliphatic heterocycles. The summed E-state index contributed by atoms with van der Waals surface area (Å²) in [5.74, 6) is 0. The molecule has 0 aliphatic carbocycles. The number of hydrogen-bond donors (Lipinski definition) is 1. The van der Waals surface area contributed by atoms with E-state index in [0.29, 0.717) is 0 Å². The molecule has 0 fully saturated rings. The molecule has 0 heterocycles. The first kappa shape index (κ1) is 13.1. The Kier molecular flexibility index (Phi) is 4.34. The molecule has 2 nitrogen and oxygen atoms in total. The van der Waals surface area contributed by atoms with Crippen molar-refractivity contribution >= 4 is 10.8 Å². The Labute approximate surface area is 109 Å². The lowest BCUT2D eigenvalue weighted by Gasteiger charge is -2.23. The van der Waals surface area contributed by atoms with Gasteiger partial charge in [-0.25, -0.2) is 0 Å². The molecule has 1 atom stereocenters. The Balaban J connectivity index is 2.30. The highest BCUT2D eigenvalue weighted by Crippen LogP contribution is 2.23. The van der Waals surface area contributed by atoms with E-state index in [2.05, 4.69) is 61.2 Å². The number of nitrogens with two attached hydrogens (primary N) is 1. The van der Waals surface area contributed by atoms with Crippen LogP contribution in [0.1, 0.15) is 25.5 Å². The van der Waals surface area contributed by atoms with Gasteiger partial charge in [0.25, 0.3) is 0 Å². The second-order valence-corrected chi connectivity index (χ2v) is 4.66. The number of benzene rings is 2. The third-order valence-electron chi connectivity index (χ3n) is 3.57. The van der Waals surface area contributed by atoms with E-state index in [1.165, 1.54) is 16.3 Å². The van der Waals surface area contributed by atoms with Gasteiger partial charge in [-0.2, -0.15) is 0 Å². The van der Waals surface area contributed by atoms with Crippen molar-refractivity contribution in [1.29, 1.82) is 0 Å². The minimum Gasteiger partial charge on any atom is -0.323 e. The van der Waals surface area contributed by atoms with Gasteiger partial charge in [-0.1, -0.05) is 56.3 Å². The smallest absolute Gasteiger partial charge is 0.0430 e. The fourth-order valence-electron chi connectivity index (χ4n) is 2.43. The van der Waals surface area contributed by atoms with Crippen LogP contribution in [0.3, 0.4) is 0 Å². The molecule has 1 unspecified atom stereocenters. The fraction of sp³-hybridized carbons (Fsp3) is 0.375. The average Bonchev–Trinajstić information content (AvgIpc) is 2.43. The SMILES string of the molecule is CCN(CC)CC(N)c1cccc2ccccc12. The topological polar surface area (TPSA) is 29.3 Å². The zero-order valence-corrected chi connectivity index (χ0v) is 11.3. The normalized spacial score (nSPS) is 13.1. The molecule has 0 amide bonds. The van der Waals surface area contributed by atoms with Crippen LogP contribution >= 0.6 is 0 Å². The van der Waals surface area contributed by atoms with Crippen molar-refractivity contribution in [2.75, 3.05) is 19.6 Å². The van der Waals surface area contributed by atoms with E-state index in [0.717, 1.165) is 19.6 Å². The molecular formula is C16H22N2. The molecule has 2 aromatic carbocycles. The highest BCUT2D eigenvalue weighted by molar-refractivity contribution is 5.86. The van der Waals surface area contributed by atoms with Crippen LogP contribution in [0, 0.1) is 0 Å². The zero-order valence-electron chi connectivity index (χ0n) is 11.3. The lowest BCUT2D eigenvalue weighted by Crippen LogP contribution is -2.32. The van der Waals surface area contributed by atoms with Crippen molar-refractivity contribution in [3.8, 4) is 0 Å². The van der Waals surface area contributed by atoms with Crippen molar-refractivity contribution in [3.05, 3.63) is 48.0 Å². The highest BCUT2D eigenvalue weighted by Gasteiger charge is 2.12. The molecule has 0 radical (unpaired) electrons. The van der Waals surface area contributed by atoms with Gasteiger partial charge in [-0.15, -0.1) is 0 Å². The van der Waals surface area contributed by atoms with E-state index in [1.54, 1.807) is 0 Å². The van der Waals surface area contributed by atoms with Crippen molar-refractivity contribution in [3.63, 3.8) is 0 Å². The van der Waals surface area contributed by atoms with Gasteiger partial charge in [0.05, 0.1) is 0 Å². The van der Waals surface area contributed by atoms with Crippen LogP contribution in [0.4, 0.5) is 0 Å². The highest BCUT2D eigenvalue weighted by atomic mass is 15.1. The maximum atomic E-state index is 6.37. The zero-order chi connectivity index (χ0) is 13.0. The molecule has 2 aromatic rings. The van der Waals surface area contributed by atoms with E-state index in [1.807, 2.05) is 0 Å². The second kappa shape index (κ2) is 5.98. The first-order chi connectivity index (χ1) is 8.76. The van der Waals surface area contributed by atoms with Gasteiger partial charge in [-0.05, 0) is 29.4 Å². The summed E-state index contributed by atoms with van der Waals surface area (Å²) in [7, 11) is 0. The molecule has 0 saturated carbocycles. The fourth-order valence-corrected chi connectivity index (χ4v) is 2.43. The summed E-state index contributed by atoms with van der Waals surface area (Å²) in [6, 6.07) is 14.9. The molecule has 18 heavy (non-hydrogen) atoms. The predicted molar refractivity (Wildman–Crippen MR) is 78.7 cm³/mol. The summed E-state index contributed by atoms with van der Waals surface area (Å²) in [6.45, 7) is 7.38. The van der Waals surface area contributed by atoms with Crippen LogP contribution in [0.15, 0.2) is 42.5 Å². The van der Waals surface area contributed by atoms with Crippen LogP contribution in [-0.4, -0.2) is 24.5 Å². The number of fused-ring (bicyclic) bond motifs is 1. The van der Waals surface area contributed by atoms with Crippen molar-refractivity contribution in [2.24, 2.45) is 5.73 Å². The number of likely N-dealkylation sites (N-methyl/N-ethyl adjacent to an activating group) is 1. The summed E-state index contributed by atoms with van der Waals surface area (Å²) in [5.41, 5.74) is 7.62. The molecule has 96 valence electrons. The van der Waals surface area contributed by atoms with E-state index in [-0.39, 0.29) is 6.04 Å². The van der Waals surface area contributed by atoms with Gasteiger partial charge in [-0.3, -0.25) is 0 Å². The summed E-state index contributed by atoms with van der Waals surface area (Å²) in [4.78, 5) is 2.37. The van der Waals surface area contributed by atoms with Gasteiger partial charge in [0, 0.05) is 12.6 Å². The minimum absolute atomic E-state index is 0.0796. The van der Waals surface area contributed by atoms with Gasteiger partial charge in [0.1, 0.15) is 0 Å². The van der Waals surface area contributed by atoms with Crippen LogP contribution < -0.4 is 5.73 Å². The quantitative estimate of drug-likeness (QED) is 0.872. The summed E-state index contributed by atoms with van der Waals surface area (Å²) >= 11 is 0. The third kappa shape index (κ3) is 2.71. The summed E-state index contributed by atoms with van der Waals surface area (Å²) in [5, 5.41) is 2.55. The van der Waals surface area contributed by atoms with Gasteiger partial charge in [0.15, 0.2) is 0 Å². The first-order valence-electron chi connectivity index (χ1n) is 6.71. The molecule has 0 aliphatic rings. The molecule has 0 bridgehead atoms. The van der Waals surface area contributed by atoms with Crippen molar-refractivity contribution in [1.82, 2.24) is 4.90 Å². The molecular weight excluding hydrogens is 220 g/mol. The summed E-state index contributed by atoms with van der Waals surface area (Å²) < 4.78 is 0. The van der Waals surface area contributed by atoms with Crippen LogP contribution in [0.5, 0.6) is 0 Å². The van der Waals surface area contributed by atoms with Gasteiger partial charge < -0.3 is 10.6 Å². The molecule has 0 spiro atoms. The summed E-state index contributed by atoms with van der Waals surface area (Å²) in [6.07, 6.45) is 0. The van der Waals surface area contributed by atoms with Crippen molar-refractivity contribution in [2.45, 2.75) is 19.9 Å². The Hall–Kier alpha value is -1.38. The van der Waals surface area contributed by atoms with E-state index in [4.69, 9.17) is 5.73 Å². The van der Waals surface area contributed by atoms with E-state index >= 15 is 0 Å². The molecule has 0 aromatic heterocycles. The van der Waals surface area contributed by atoms with Crippen LogP contribution in [0.25, 0.3) is 10.8 Å². The molecule has 2 rings (SSSR count). The van der Waals surface area contributed by atoms with Crippen LogP contribution in [0.2, 0.25) is 0 Å². The molecule has 0 saturated heterocycles. The first-order valence-corrected chi connectivity index (χ1v) is 6.71. The van der Waals surface area contributed by atoms with Gasteiger partial charge in [0.2, 0.25) is 0 Å². The lowest BCUT2D eigenvalue weighted by atomic mass is 9.99. The predicted octanol–water partition coefficient (Wildman–Crippen LogP) is 3.18. The minimum atomic E-state index is 0.0796. The molecule has 2 N–H and O–H groups in total. The Morgan fingerprint density at radius 2 is 1.67 bits per heavy atom. The third-order valence-corrected chi connectivity index (χ3v) is 3.57. The number of rotatable bonds is 5. The second-order valence-electron chi connectivity index (χ2n) is 4.66.